The van der Waals surface area contributed by atoms with Crippen molar-refractivity contribution >= 4 is 33.3 Å². The van der Waals surface area contributed by atoms with Crippen LogP contribution in [-0.4, -0.2) is 53.8 Å². The van der Waals surface area contributed by atoms with Crippen LogP contribution in [0, 0.1) is 0 Å². The average Bonchev–Trinajstić information content (AvgIpc) is 1.72. The van der Waals surface area contributed by atoms with Gasteiger partial charge in [-0.05, 0) is 6.04 Å². The van der Waals surface area contributed by atoms with Gasteiger partial charge in [0.15, 0.2) is 6.29 Å². The van der Waals surface area contributed by atoms with E-state index in [-0.39, 0.29) is 54.2 Å². The molecule has 0 rings (SSSR count). The minimum atomic E-state index is 0. The molecule has 2 nitrogen and oxygen atoms in total. The van der Waals surface area contributed by atoms with Crippen LogP contribution in [0.15, 0.2) is 0 Å². The number of halogens is 2. The monoisotopic (exact) mass is 214 g/mol. The van der Waals surface area contributed by atoms with Crippen molar-refractivity contribution in [2.75, 3.05) is 14.2 Å². The molecule has 0 aliphatic rings. The molecule has 10 heavy (non-hydrogen) atoms. The van der Waals surface area contributed by atoms with Crippen LogP contribution in [-0.2, 0) is 9.47 Å². The third-order valence-electron chi connectivity index (χ3n) is 0.859. The minimum Gasteiger partial charge on any atom is -1.00 e. The Morgan fingerprint density at radius 1 is 1.20 bits per heavy atom. The third-order valence-corrected chi connectivity index (χ3v) is 1.53. The molecule has 0 aromatic carbocycles. The van der Waals surface area contributed by atoms with Gasteiger partial charge in [-0.3, -0.25) is 0 Å². The van der Waals surface area contributed by atoms with E-state index in [0.29, 0.717) is 0 Å². The smallest absolute Gasteiger partial charge is 1.00 e. The van der Waals surface area contributed by atoms with E-state index in [1.54, 1.807) is 14.2 Å². The fourth-order valence-electron chi connectivity index (χ4n) is 0.430. The molecule has 0 heterocycles. The second kappa shape index (κ2) is 16.8. The molecule has 0 bridgehead atoms. The van der Waals surface area contributed by atoms with Crippen LogP contribution < -0.4 is 24.8 Å². The fraction of sp³-hybridized carbons (Fsp3) is 1.00. The summed E-state index contributed by atoms with van der Waals surface area (Å²) in [5, 5.41) is 0. The van der Waals surface area contributed by atoms with E-state index in [2.05, 4.69) is 0 Å². The van der Waals surface area contributed by atoms with Gasteiger partial charge in [0.1, 0.15) is 0 Å². The number of ether oxygens (including phenoxy) is 2. The van der Waals surface area contributed by atoms with Crippen LogP contribution in [0.4, 0.5) is 0 Å². The summed E-state index contributed by atoms with van der Waals surface area (Å²) >= 11 is 0. The van der Waals surface area contributed by atoms with E-state index in [0.717, 1.165) is 16.3 Å². The molecule has 0 atom stereocenters. The second-order valence-corrected chi connectivity index (χ2v) is 2.13. The van der Waals surface area contributed by atoms with Gasteiger partial charge in [0, 0.05) is 24.5 Å². The summed E-state index contributed by atoms with van der Waals surface area (Å²) in [6, 6.07) is 1.05. The standard InChI is InChI=1S/C4H12O2Si.2ClH.Mg/c1-5-4(3-7)6-2;;;/h4H,3H2,1-2,7H3;2*1H;/q;;;+2/p-2. The van der Waals surface area contributed by atoms with Crippen LogP contribution in [0.5, 0.6) is 0 Å². The first-order chi connectivity index (χ1) is 3.35. The maximum Gasteiger partial charge on any atom is 2.00 e. The summed E-state index contributed by atoms with van der Waals surface area (Å²) in [4.78, 5) is 0. The molecule has 0 aromatic heterocycles. The van der Waals surface area contributed by atoms with E-state index in [9.17, 15) is 0 Å². The van der Waals surface area contributed by atoms with Gasteiger partial charge >= 0.3 is 23.1 Å². The predicted octanol–water partition coefficient (Wildman–Crippen LogP) is -6.98. The Kier molecular flexibility index (Phi) is 37.9. The molecule has 0 radical (unpaired) electrons. The first-order valence-corrected chi connectivity index (χ1v) is 3.82. The van der Waals surface area contributed by atoms with Crippen LogP contribution >= 0.6 is 0 Å². The molecule has 0 amide bonds. The molecule has 0 unspecified atom stereocenters. The van der Waals surface area contributed by atoms with Crippen molar-refractivity contribution < 1.29 is 34.3 Å². The number of rotatable bonds is 3. The second-order valence-electron chi connectivity index (χ2n) is 1.31. The van der Waals surface area contributed by atoms with Gasteiger partial charge in [-0.15, -0.1) is 0 Å². The summed E-state index contributed by atoms with van der Waals surface area (Å²) < 4.78 is 9.72. The van der Waals surface area contributed by atoms with Crippen molar-refractivity contribution in [2.24, 2.45) is 0 Å². The molecule has 0 saturated heterocycles. The first kappa shape index (κ1) is 22.5. The molecule has 0 N–H and O–H groups in total. The van der Waals surface area contributed by atoms with Gasteiger partial charge in [0.25, 0.3) is 0 Å². The van der Waals surface area contributed by atoms with Crippen LogP contribution in [0.25, 0.3) is 0 Å². The number of hydrogen-bond acceptors (Lipinski definition) is 2. The molecule has 0 fully saturated rings. The minimum absolute atomic E-state index is 0. The molecule has 0 aliphatic carbocycles. The summed E-state index contributed by atoms with van der Waals surface area (Å²) in [6.07, 6.45) is 0.0478. The molecular formula is C4H12Cl2MgO2Si. The molecule has 0 saturated carbocycles. The summed E-state index contributed by atoms with van der Waals surface area (Å²) in [5.41, 5.74) is 0. The maximum absolute atomic E-state index is 4.86. The van der Waals surface area contributed by atoms with Crippen molar-refractivity contribution in [3.63, 3.8) is 0 Å². The summed E-state index contributed by atoms with van der Waals surface area (Å²) in [6.45, 7) is 0. The largest absolute Gasteiger partial charge is 2.00 e. The molecule has 60 valence electrons. The van der Waals surface area contributed by atoms with E-state index in [1.807, 2.05) is 0 Å². The normalized spacial score (nSPS) is 7.50. The average molecular weight is 215 g/mol. The van der Waals surface area contributed by atoms with E-state index >= 15 is 0 Å². The SMILES string of the molecule is COC(C[SiH3])OC.[Cl-].[Cl-].[Mg+2]. The Bertz CT molecular complexity index is 42.7. The molecular weight excluding hydrogens is 203 g/mol. The van der Waals surface area contributed by atoms with Crippen LogP contribution in [0.1, 0.15) is 0 Å². The zero-order valence-corrected chi connectivity index (χ0v) is 11.5. The van der Waals surface area contributed by atoms with Crippen molar-refractivity contribution in [3.05, 3.63) is 0 Å². The van der Waals surface area contributed by atoms with Gasteiger partial charge in [-0.25, -0.2) is 0 Å². The zero-order valence-electron chi connectivity index (χ0n) is 6.56. The van der Waals surface area contributed by atoms with E-state index < -0.39 is 0 Å². The van der Waals surface area contributed by atoms with Gasteiger partial charge in [-0.1, -0.05) is 0 Å². The Labute approximate surface area is 93.8 Å². The van der Waals surface area contributed by atoms with Crippen molar-refractivity contribution in [1.82, 2.24) is 0 Å². The summed E-state index contributed by atoms with van der Waals surface area (Å²) in [7, 11) is 4.46. The number of hydrogen-bond donors (Lipinski definition) is 0. The van der Waals surface area contributed by atoms with E-state index in [4.69, 9.17) is 9.47 Å². The van der Waals surface area contributed by atoms with Crippen molar-refractivity contribution in [2.45, 2.75) is 12.3 Å². The van der Waals surface area contributed by atoms with Gasteiger partial charge in [-0.2, -0.15) is 0 Å². The first-order valence-electron chi connectivity index (χ1n) is 2.40. The predicted molar refractivity (Wildman–Crippen MR) is 38.3 cm³/mol. The quantitative estimate of drug-likeness (QED) is 0.344. The van der Waals surface area contributed by atoms with Crippen LogP contribution in [0.2, 0.25) is 6.04 Å². The van der Waals surface area contributed by atoms with Crippen molar-refractivity contribution in [1.29, 1.82) is 0 Å². The van der Waals surface area contributed by atoms with Crippen LogP contribution in [0.3, 0.4) is 0 Å². The third kappa shape index (κ3) is 12.2. The Hall–Kier alpha value is 1.48. The van der Waals surface area contributed by atoms with Gasteiger partial charge < -0.3 is 34.3 Å². The maximum atomic E-state index is 4.86. The fourth-order valence-corrected chi connectivity index (χ4v) is 1.10. The van der Waals surface area contributed by atoms with Crippen molar-refractivity contribution in [3.8, 4) is 0 Å². The molecule has 0 aliphatic heterocycles. The Balaban J connectivity index is -0.0000000600. The zero-order chi connectivity index (χ0) is 5.70. The van der Waals surface area contributed by atoms with Gasteiger partial charge in [0.05, 0.1) is 0 Å². The Morgan fingerprint density at radius 3 is 1.50 bits per heavy atom. The Morgan fingerprint density at radius 2 is 1.50 bits per heavy atom. The van der Waals surface area contributed by atoms with E-state index in [1.165, 1.54) is 0 Å². The molecule has 6 heteroatoms. The number of methoxy groups -OCH3 is 2. The molecule has 0 spiro atoms. The van der Waals surface area contributed by atoms with Gasteiger partial charge in [0.2, 0.25) is 0 Å². The summed E-state index contributed by atoms with van der Waals surface area (Å²) in [5.74, 6) is 0. The molecule has 0 aromatic rings. The topological polar surface area (TPSA) is 18.5 Å².